The molecule has 0 atom stereocenters. The molecular weight excluding hydrogens is 386 g/mol. The molecule has 1 fully saturated rings. The van der Waals surface area contributed by atoms with E-state index in [-0.39, 0.29) is 27.3 Å². The number of thioether (sulfide) groups is 1. The van der Waals surface area contributed by atoms with E-state index in [1.165, 1.54) is 18.2 Å². The van der Waals surface area contributed by atoms with E-state index in [0.717, 1.165) is 16.7 Å². The molecule has 1 aromatic carbocycles. The van der Waals surface area contributed by atoms with Crippen LogP contribution in [0.4, 0.5) is 11.6 Å². The number of furan rings is 1. The number of amides is 1. The van der Waals surface area contributed by atoms with E-state index in [1.807, 2.05) is 0 Å². The van der Waals surface area contributed by atoms with Crippen LogP contribution in [0, 0.1) is 5.41 Å². The van der Waals surface area contributed by atoms with Gasteiger partial charge >= 0.3 is 5.97 Å². The van der Waals surface area contributed by atoms with E-state index in [1.54, 1.807) is 24.3 Å². The average Bonchev–Trinajstić information content (AvgIpc) is 3.36. The van der Waals surface area contributed by atoms with Gasteiger partial charge in [0.2, 0.25) is 11.6 Å². The summed E-state index contributed by atoms with van der Waals surface area (Å²) in [7, 11) is 0. The van der Waals surface area contributed by atoms with Crippen molar-refractivity contribution in [2.45, 2.75) is 0 Å². The molecule has 0 aliphatic carbocycles. The Labute approximate surface area is 161 Å². The lowest BCUT2D eigenvalue weighted by molar-refractivity contribution is -0.113. The minimum Gasteiger partial charge on any atom is -0.478 e. The number of carbonyl (C=O) groups excluding carboxylic acids is 1. The summed E-state index contributed by atoms with van der Waals surface area (Å²) in [6, 6.07) is 9.62. The molecule has 0 saturated carbocycles. The molecule has 2 aromatic heterocycles. The van der Waals surface area contributed by atoms with E-state index in [0.29, 0.717) is 17.1 Å². The fourth-order valence-corrected chi connectivity index (χ4v) is 3.37. The van der Waals surface area contributed by atoms with Crippen molar-refractivity contribution < 1.29 is 23.7 Å². The Balaban J connectivity index is 1.62. The largest absolute Gasteiger partial charge is 0.478 e. The van der Waals surface area contributed by atoms with Crippen molar-refractivity contribution >= 4 is 46.5 Å². The van der Waals surface area contributed by atoms with Gasteiger partial charge < -0.3 is 15.3 Å². The molecule has 4 N–H and O–H groups in total. The van der Waals surface area contributed by atoms with Crippen molar-refractivity contribution in [1.82, 2.24) is 10.3 Å². The van der Waals surface area contributed by atoms with Gasteiger partial charge in [0.05, 0.1) is 10.5 Å². The molecule has 0 bridgehead atoms. The highest BCUT2D eigenvalue weighted by molar-refractivity contribution is 8.19. The molecule has 0 radical (unpaired) electrons. The van der Waals surface area contributed by atoms with E-state index >= 15 is 0 Å². The van der Waals surface area contributed by atoms with Crippen molar-refractivity contribution in [1.29, 1.82) is 5.41 Å². The Morgan fingerprint density at radius 1 is 1.29 bits per heavy atom. The highest BCUT2D eigenvalue weighted by Gasteiger charge is 2.37. The van der Waals surface area contributed by atoms with Crippen LogP contribution in [0.3, 0.4) is 0 Å². The van der Waals surface area contributed by atoms with E-state index in [2.05, 4.69) is 14.9 Å². The molecule has 1 amide bonds. The maximum Gasteiger partial charge on any atom is 0.335 e. The molecule has 0 unspecified atom stereocenters. The molecule has 28 heavy (non-hydrogen) atoms. The number of benzene rings is 1. The van der Waals surface area contributed by atoms with E-state index in [9.17, 15) is 9.59 Å². The summed E-state index contributed by atoms with van der Waals surface area (Å²) >= 11 is 0.913. The SMILES string of the molecule is N=C1S/C(=C/c2ccc(-c3cccc(C(=O)O)c3)o2)C(=O)N1c1nonc1N. The first-order valence-electron chi connectivity index (χ1n) is 7.78. The fourth-order valence-electron chi connectivity index (χ4n) is 2.55. The molecule has 11 heteroatoms. The molecule has 10 nitrogen and oxygen atoms in total. The Morgan fingerprint density at radius 3 is 2.82 bits per heavy atom. The number of rotatable bonds is 4. The number of aromatic nitrogens is 2. The third-order valence-corrected chi connectivity index (χ3v) is 4.71. The first-order chi connectivity index (χ1) is 13.4. The monoisotopic (exact) mass is 397 g/mol. The fraction of sp³-hybridized carbons (Fsp3) is 0. The van der Waals surface area contributed by atoms with Gasteiger partial charge in [0.15, 0.2) is 5.17 Å². The number of hydrogen-bond acceptors (Lipinski definition) is 9. The number of nitrogens with one attached hydrogen (secondary N) is 1. The summed E-state index contributed by atoms with van der Waals surface area (Å²) in [5.41, 5.74) is 6.32. The minimum absolute atomic E-state index is 0.0449. The summed E-state index contributed by atoms with van der Waals surface area (Å²) in [4.78, 5) is 24.9. The van der Waals surface area contributed by atoms with Crippen LogP contribution >= 0.6 is 11.8 Å². The number of carboxylic acid groups (broad SMARTS) is 1. The van der Waals surface area contributed by atoms with Gasteiger partial charge in [-0.2, -0.15) is 0 Å². The number of carboxylic acids is 1. The molecule has 1 aliphatic heterocycles. The number of anilines is 2. The van der Waals surface area contributed by atoms with Gasteiger partial charge in [0, 0.05) is 11.6 Å². The summed E-state index contributed by atoms with van der Waals surface area (Å²) in [5.74, 6) is -0.878. The van der Waals surface area contributed by atoms with Gasteiger partial charge in [-0.25, -0.2) is 14.3 Å². The Morgan fingerprint density at radius 2 is 2.11 bits per heavy atom. The van der Waals surface area contributed by atoms with Crippen molar-refractivity contribution in [3.05, 3.63) is 52.6 Å². The second kappa shape index (κ2) is 6.70. The highest BCUT2D eigenvalue weighted by atomic mass is 32.2. The molecule has 1 aliphatic rings. The van der Waals surface area contributed by atoms with Gasteiger partial charge in [-0.3, -0.25) is 10.2 Å². The topological polar surface area (TPSA) is 160 Å². The summed E-state index contributed by atoms with van der Waals surface area (Å²) < 4.78 is 10.2. The zero-order valence-electron chi connectivity index (χ0n) is 13.9. The maximum atomic E-state index is 12.6. The molecule has 0 spiro atoms. The number of hydrogen-bond donors (Lipinski definition) is 3. The van der Waals surface area contributed by atoms with E-state index < -0.39 is 11.9 Å². The summed E-state index contributed by atoms with van der Waals surface area (Å²) in [6.07, 6.45) is 1.48. The zero-order chi connectivity index (χ0) is 19.8. The second-order valence-corrected chi connectivity index (χ2v) is 6.65. The Hall–Kier alpha value is -3.86. The van der Waals surface area contributed by atoms with Gasteiger partial charge in [0.1, 0.15) is 11.5 Å². The number of amidine groups is 1. The lowest BCUT2D eigenvalue weighted by Gasteiger charge is -2.08. The smallest absolute Gasteiger partial charge is 0.335 e. The van der Waals surface area contributed by atoms with Crippen LogP contribution in [0.2, 0.25) is 0 Å². The van der Waals surface area contributed by atoms with Crippen molar-refractivity contribution in [3.8, 4) is 11.3 Å². The molecule has 140 valence electrons. The number of aromatic carboxylic acids is 1. The van der Waals surface area contributed by atoms with Crippen LogP contribution < -0.4 is 10.6 Å². The average molecular weight is 397 g/mol. The van der Waals surface area contributed by atoms with Crippen LogP contribution in [0.25, 0.3) is 17.4 Å². The van der Waals surface area contributed by atoms with E-state index in [4.69, 9.17) is 20.7 Å². The second-order valence-electron chi connectivity index (χ2n) is 5.62. The normalized spacial score (nSPS) is 15.6. The lowest BCUT2D eigenvalue weighted by atomic mass is 10.1. The molecule has 3 aromatic rings. The van der Waals surface area contributed by atoms with Gasteiger partial charge in [-0.1, -0.05) is 12.1 Å². The van der Waals surface area contributed by atoms with Gasteiger partial charge in [-0.15, -0.1) is 0 Å². The molecular formula is C17H11N5O5S. The predicted molar refractivity (Wildman–Crippen MR) is 101 cm³/mol. The number of nitrogens with zero attached hydrogens (tertiary/aromatic N) is 3. The molecule has 4 rings (SSSR count). The first kappa shape index (κ1) is 17.5. The quantitative estimate of drug-likeness (QED) is 0.562. The lowest BCUT2D eigenvalue weighted by Crippen LogP contribution is -2.29. The van der Waals surface area contributed by atoms with Crippen LogP contribution in [-0.2, 0) is 4.79 Å². The van der Waals surface area contributed by atoms with Crippen LogP contribution in [0.15, 0.2) is 50.3 Å². The zero-order valence-corrected chi connectivity index (χ0v) is 14.8. The van der Waals surface area contributed by atoms with Crippen LogP contribution in [0.5, 0.6) is 0 Å². The number of nitrogen functional groups attached to an aromatic ring is 1. The number of carbonyl (C=O) groups is 2. The standard InChI is InChI=1S/C17H11N5O5S/c18-13-14(21-27-20-13)22-15(23)12(28-17(22)19)7-10-4-5-11(26-10)8-2-1-3-9(6-8)16(24)25/h1-7,19H,(H2,18,20)(H,24,25)/b12-7+,19-17?. The third-order valence-electron chi connectivity index (χ3n) is 3.83. The van der Waals surface area contributed by atoms with Crippen molar-refractivity contribution in [3.63, 3.8) is 0 Å². The Kier molecular flexibility index (Phi) is 4.20. The highest BCUT2D eigenvalue weighted by Crippen LogP contribution is 2.36. The van der Waals surface area contributed by atoms with Gasteiger partial charge in [0.25, 0.3) is 5.91 Å². The van der Waals surface area contributed by atoms with Gasteiger partial charge in [-0.05, 0) is 46.3 Å². The van der Waals surface area contributed by atoms with Crippen molar-refractivity contribution in [2.24, 2.45) is 0 Å². The molecule has 1 saturated heterocycles. The van der Waals surface area contributed by atoms with Crippen LogP contribution in [0.1, 0.15) is 16.1 Å². The van der Waals surface area contributed by atoms with Crippen molar-refractivity contribution in [2.75, 3.05) is 10.6 Å². The maximum absolute atomic E-state index is 12.6. The minimum atomic E-state index is -1.04. The first-order valence-corrected chi connectivity index (χ1v) is 8.60. The Bertz CT molecular complexity index is 1150. The molecule has 3 heterocycles. The summed E-state index contributed by atoms with van der Waals surface area (Å²) in [5, 5.41) is 23.9. The predicted octanol–water partition coefficient (Wildman–Crippen LogP) is 2.67. The summed E-state index contributed by atoms with van der Waals surface area (Å²) in [6.45, 7) is 0. The number of nitrogens with two attached hydrogens (primary N) is 1. The third kappa shape index (κ3) is 3.03. The van der Waals surface area contributed by atoms with Crippen LogP contribution in [-0.4, -0.2) is 32.5 Å².